The van der Waals surface area contributed by atoms with Gasteiger partial charge in [-0.3, -0.25) is 4.98 Å². The molecule has 0 saturated heterocycles. The van der Waals surface area contributed by atoms with Gasteiger partial charge in [-0.1, -0.05) is 0 Å². The fourth-order valence-electron chi connectivity index (χ4n) is 1.02. The summed E-state index contributed by atoms with van der Waals surface area (Å²) in [6.45, 7) is 5.81. The number of amides is 1. The maximum atomic E-state index is 11.4. The molecule has 0 saturated carbocycles. The first kappa shape index (κ1) is 13.0. The molecule has 4 nitrogen and oxygen atoms in total. The average Bonchev–Trinajstić information content (AvgIpc) is 2.14. The fourth-order valence-corrected chi connectivity index (χ4v) is 1.41. The van der Waals surface area contributed by atoms with E-state index in [4.69, 9.17) is 4.74 Å². The summed E-state index contributed by atoms with van der Waals surface area (Å²) >= 11 is 3.35. The highest BCUT2D eigenvalue weighted by Crippen LogP contribution is 2.13. The van der Waals surface area contributed by atoms with Crippen molar-refractivity contribution in [1.29, 1.82) is 0 Å². The number of alkyl carbamates (subject to hydrolysis) is 1. The van der Waals surface area contributed by atoms with E-state index in [9.17, 15) is 4.79 Å². The van der Waals surface area contributed by atoms with E-state index in [1.165, 1.54) is 0 Å². The number of carbonyl (C=O) groups excluding carboxylic acids is 1. The van der Waals surface area contributed by atoms with E-state index in [0.717, 1.165) is 10.2 Å². The molecule has 0 unspecified atom stereocenters. The molecular formula is C11H15BrN2O2. The monoisotopic (exact) mass is 286 g/mol. The number of rotatable bonds is 2. The number of hydrogen-bond donors (Lipinski definition) is 1. The molecule has 1 rings (SSSR count). The van der Waals surface area contributed by atoms with Gasteiger partial charge in [0.15, 0.2) is 0 Å². The van der Waals surface area contributed by atoms with Gasteiger partial charge in [0.25, 0.3) is 0 Å². The molecule has 0 aliphatic heterocycles. The highest BCUT2D eigenvalue weighted by atomic mass is 79.9. The first-order valence-corrected chi connectivity index (χ1v) is 5.74. The number of nitrogens with zero attached hydrogens (tertiary/aromatic N) is 1. The Morgan fingerprint density at radius 2 is 2.25 bits per heavy atom. The van der Waals surface area contributed by atoms with Gasteiger partial charge in [-0.25, -0.2) is 4.79 Å². The summed E-state index contributed by atoms with van der Waals surface area (Å²) < 4.78 is 5.97. The normalized spacial score (nSPS) is 11.0. The molecule has 16 heavy (non-hydrogen) atoms. The van der Waals surface area contributed by atoms with Crippen molar-refractivity contribution < 1.29 is 9.53 Å². The highest BCUT2D eigenvalue weighted by Gasteiger charge is 2.15. The quantitative estimate of drug-likeness (QED) is 0.910. The zero-order chi connectivity index (χ0) is 12.2. The molecule has 0 aliphatic rings. The van der Waals surface area contributed by atoms with Crippen molar-refractivity contribution in [3.8, 4) is 0 Å². The Labute approximate surface area is 104 Å². The Hall–Kier alpha value is -1.10. The Bertz CT molecular complexity index is 374. The minimum atomic E-state index is -0.481. The number of carbonyl (C=O) groups is 1. The summed E-state index contributed by atoms with van der Waals surface area (Å²) in [5.41, 5.74) is 0.291. The summed E-state index contributed by atoms with van der Waals surface area (Å²) in [5.74, 6) is 0. The molecule has 88 valence electrons. The van der Waals surface area contributed by atoms with Crippen molar-refractivity contribution in [2.45, 2.75) is 32.9 Å². The average molecular weight is 287 g/mol. The fraction of sp³-hybridized carbons (Fsp3) is 0.455. The molecule has 1 N–H and O–H groups in total. The molecule has 0 aliphatic carbocycles. The van der Waals surface area contributed by atoms with Crippen molar-refractivity contribution in [2.24, 2.45) is 0 Å². The predicted molar refractivity (Wildman–Crippen MR) is 65.0 cm³/mol. The van der Waals surface area contributed by atoms with Crippen LogP contribution in [0, 0.1) is 0 Å². The van der Waals surface area contributed by atoms with Gasteiger partial charge in [-0.15, -0.1) is 0 Å². The lowest BCUT2D eigenvalue weighted by Gasteiger charge is -2.19. The third-order valence-electron chi connectivity index (χ3n) is 1.63. The lowest BCUT2D eigenvalue weighted by atomic mass is 10.2. The molecule has 0 atom stereocenters. The first-order chi connectivity index (χ1) is 7.38. The minimum absolute atomic E-state index is 0.344. The zero-order valence-electron chi connectivity index (χ0n) is 9.58. The maximum absolute atomic E-state index is 11.4. The van der Waals surface area contributed by atoms with Gasteiger partial charge >= 0.3 is 6.09 Å². The van der Waals surface area contributed by atoms with Gasteiger partial charge in [-0.05, 0) is 48.8 Å². The van der Waals surface area contributed by atoms with E-state index in [1.807, 2.05) is 32.9 Å². The molecule has 0 radical (unpaired) electrons. The lowest BCUT2D eigenvalue weighted by Crippen LogP contribution is -2.32. The third kappa shape index (κ3) is 4.61. The van der Waals surface area contributed by atoms with Gasteiger partial charge in [-0.2, -0.15) is 0 Å². The van der Waals surface area contributed by atoms with Gasteiger partial charge in [0.1, 0.15) is 5.60 Å². The molecule has 5 heteroatoms. The van der Waals surface area contributed by atoms with E-state index in [-0.39, 0.29) is 0 Å². The molecule has 1 aromatic rings. The predicted octanol–water partition coefficient (Wildman–Crippen LogP) is 2.87. The number of aromatic nitrogens is 1. The Morgan fingerprint density at radius 3 is 2.81 bits per heavy atom. The van der Waals surface area contributed by atoms with Crippen LogP contribution in [-0.2, 0) is 11.3 Å². The summed E-state index contributed by atoms with van der Waals surface area (Å²) in [6.07, 6.45) is 1.24. The number of pyridine rings is 1. The van der Waals surface area contributed by atoms with Gasteiger partial charge in [0, 0.05) is 10.7 Å². The summed E-state index contributed by atoms with van der Waals surface area (Å²) in [6, 6.07) is 3.69. The highest BCUT2D eigenvalue weighted by molar-refractivity contribution is 9.10. The topological polar surface area (TPSA) is 51.2 Å². The van der Waals surface area contributed by atoms with Crippen molar-refractivity contribution >= 4 is 22.0 Å². The third-order valence-corrected chi connectivity index (χ3v) is 2.36. The van der Waals surface area contributed by atoms with E-state index in [0.29, 0.717) is 6.54 Å². The summed E-state index contributed by atoms with van der Waals surface area (Å²) in [7, 11) is 0. The van der Waals surface area contributed by atoms with Crippen LogP contribution < -0.4 is 5.32 Å². The number of hydrogen-bond acceptors (Lipinski definition) is 3. The van der Waals surface area contributed by atoms with Crippen LogP contribution in [0.2, 0.25) is 0 Å². The molecule has 1 heterocycles. The Balaban J connectivity index is 2.47. The van der Waals surface area contributed by atoms with Crippen molar-refractivity contribution in [2.75, 3.05) is 0 Å². The number of nitrogens with one attached hydrogen (secondary N) is 1. The molecule has 1 amide bonds. The van der Waals surface area contributed by atoms with E-state index in [1.54, 1.807) is 6.20 Å². The van der Waals surface area contributed by atoms with Crippen LogP contribution in [0.1, 0.15) is 26.5 Å². The van der Waals surface area contributed by atoms with Crippen LogP contribution in [0.3, 0.4) is 0 Å². The van der Waals surface area contributed by atoms with Gasteiger partial charge in [0.05, 0.1) is 12.2 Å². The summed E-state index contributed by atoms with van der Waals surface area (Å²) in [5, 5.41) is 2.64. The largest absolute Gasteiger partial charge is 0.444 e. The SMILES string of the molecule is CC(C)(C)OC(=O)NCc1ncccc1Br. The Morgan fingerprint density at radius 1 is 1.56 bits per heavy atom. The van der Waals surface area contributed by atoms with Crippen LogP contribution in [0.25, 0.3) is 0 Å². The van der Waals surface area contributed by atoms with Gasteiger partial charge < -0.3 is 10.1 Å². The second-order valence-corrected chi connectivity index (χ2v) is 5.14. The van der Waals surface area contributed by atoms with Crippen LogP contribution in [0.15, 0.2) is 22.8 Å². The van der Waals surface area contributed by atoms with Crippen LogP contribution in [-0.4, -0.2) is 16.7 Å². The minimum Gasteiger partial charge on any atom is -0.444 e. The molecule has 1 aromatic heterocycles. The number of halogens is 1. The second kappa shape index (κ2) is 5.30. The smallest absolute Gasteiger partial charge is 0.407 e. The van der Waals surface area contributed by atoms with Crippen molar-refractivity contribution in [3.05, 3.63) is 28.5 Å². The van der Waals surface area contributed by atoms with Gasteiger partial charge in [0.2, 0.25) is 0 Å². The molecular weight excluding hydrogens is 272 g/mol. The van der Waals surface area contributed by atoms with E-state index >= 15 is 0 Å². The zero-order valence-corrected chi connectivity index (χ0v) is 11.2. The number of ether oxygens (including phenoxy) is 1. The molecule has 0 aromatic carbocycles. The van der Waals surface area contributed by atoms with Crippen molar-refractivity contribution in [3.63, 3.8) is 0 Å². The first-order valence-electron chi connectivity index (χ1n) is 4.95. The maximum Gasteiger partial charge on any atom is 0.407 e. The second-order valence-electron chi connectivity index (χ2n) is 4.29. The van der Waals surface area contributed by atoms with Crippen LogP contribution in [0.4, 0.5) is 4.79 Å². The van der Waals surface area contributed by atoms with Crippen molar-refractivity contribution in [1.82, 2.24) is 10.3 Å². The molecule has 0 spiro atoms. The van der Waals surface area contributed by atoms with Crippen LogP contribution >= 0.6 is 15.9 Å². The standard InChI is InChI=1S/C11H15BrN2O2/c1-11(2,3)16-10(15)14-7-9-8(12)5-4-6-13-9/h4-6H,7H2,1-3H3,(H,14,15). The Kier molecular flexibility index (Phi) is 4.29. The van der Waals surface area contributed by atoms with E-state index < -0.39 is 11.7 Å². The summed E-state index contributed by atoms with van der Waals surface area (Å²) in [4.78, 5) is 15.5. The lowest BCUT2D eigenvalue weighted by molar-refractivity contribution is 0.0523. The molecule has 0 bridgehead atoms. The molecule has 0 fully saturated rings. The van der Waals surface area contributed by atoms with Crippen LogP contribution in [0.5, 0.6) is 0 Å². The van der Waals surface area contributed by atoms with E-state index in [2.05, 4.69) is 26.2 Å².